The Labute approximate surface area is 142 Å². The third-order valence-electron chi connectivity index (χ3n) is 4.95. The van der Waals surface area contributed by atoms with Crippen LogP contribution in [0, 0.1) is 0 Å². The number of piperidine rings is 1. The van der Waals surface area contributed by atoms with Crippen molar-refractivity contribution in [3.8, 4) is 0 Å². The minimum Gasteiger partial charge on any atom is -0.378 e. The van der Waals surface area contributed by atoms with Crippen molar-refractivity contribution in [3.05, 3.63) is 30.1 Å². The van der Waals surface area contributed by atoms with E-state index < -0.39 is 0 Å². The van der Waals surface area contributed by atoms with Crippen molar-refractivity contribution in [2.24, 2.45) is 0 Å². The quantitative estimate of drug-likeness (QED) is 0.840. The Kier molecular flexibility index (Phi) is 5.45. The van der Waals surface area contributed by atoms with Gasteiger partial charge in [0.15, 0.2) is 0 Å². The van der Waals surface area contributed by atoms with Gasteiger partial charge in [0, 0.05) is 32.0 Å². The van der Waals surface area contributed by atoms with Crippen molar-refractivity contribution >= 4 is 11.8 Å². The number of pyridine rings is 1. The number of carbonyl (C=O) groups is 2. The molecule has 2 atom stereocenters. The summed E-state index contributed by atoms with van der Waals surface area (Å²) >= 11 is 0. The summed E-state index contributed by atoms with van der Waals surface area (Å²) in [6, 6.07) is 3.42. The van der Waals surface area contributed by atoms with Gasteiger partial charge in [0.25, 0.3) is 0 Å². The third kappa shape index (κ3) is 3.59. The average molecular weight is 331 g/mol. The first-order valence-corrected chi connectivity index (χ1v) is 8.75. The number of morpholine rings is 1. The number of carbonyl (C=O) groups excluding carboxylic acids is 2. The topological polar surface area (TPSA) is 62.7 Å². The number of rotatable bonds is 3. The molecule has 3 rings (SSSR count). The summed E-state index contributed by atoms with van der Waals surface area (Å²) in [5, 5.41) is 0. The molecule has 2 aliphatic heterocycles. The van der Waals surface area contributed by atoms with Gasteiger partial charge in [0.05, 0.1) is 19.1 Å². The van der Waals surface area contributed by atoms with Gasteiger partial charge in [-0.05, 0) is 37.8 Å². The van der Waals surface area contributed by atoms with Crippen LogP contribution in [0.5, 0.6) is 0 Å². The van der Waals surface area contributed by atoms with Gasteiger partial charge < -0.3 is 14.5 Å². The van der Waals surface area contributed by atoms with E-state index in [1.54, 1.807) is 17.3 Å². The first kappa shape index (κ1) is 16.9. The zero-order chi connectivity index (χ0) is 16.9. The van der Waals surface area contributed by atoms with Crippen LogP contribution in [0.15, 0.2) is 24.5 Å². The zero-order valence-corrected chi connectivity index (χ0v) is 14.2. The number of likely N-dealkylation sites (tertiary alicyclic amines) is 1. The minimum absolute atomic E-state index is 0.0225. The molecule has 6 heteroatoms. The largest absolute Gasteiger partial charge is 0.378 e. The summed E-state index contributed by atoms with van der Waals surface area (Å²) in [7, 11) is 0. The molecule has 1 aromatic heterocycles. The maximum Gasteiger partial charge on any atom is 0.245 e. The van der Waals surface area contributed by atoms with Crippen LogP contribution in [0.4, 0.5) is 0 Å². The molecule has 0 spiro atoms. The molecule has 130 valence electrons. The Balaban J connectivity index is 1.73. The molecule has 0 aliphatic carbocycles. The molecule has 2 aliphatic rings. The van der Waals surface area contributed by atoms with E-state index in [1.807, 2.05) is 24.0 Å². The summed E-state index contributed by atoms with van der Waals surface area (Å²) in [5.74, 6) is -0.184. The molecule has 2 unspecified atom stereocenters. The van der Waals surface area contributed by atoms with E-state index in [9.17, 15) is 9.59 Å². The summed E-state index contributed by atoms with van der Waals surface area (Å²) in [5.41, 5.74) is 0.894. The summed E-state index contributed by atoms with van der Waals surface area (Å²) in [6.07, 6.45) is 6.13. The van der Waals surface area contributed by atoms with Gasteiger partial charge in [-0.15, -0.1) is 0 Å². The van der Waals surface area contributed by atoms with E-state index in [0.717, 1.165) is 24.8 Å². The average Bonchev–Trinajstić information content (AvgIpc) is 2.67. The van der Waals surface area contributed by atoms with E-state index in [2.05, 4.69) is 4.98 Å². The number of hydrogen-bond acceptors (Lipinski definition) is 4. The van der Waals surface area contributed by atoms with E-state index in [0.29, 0.717) is 32.8 Å². The first-order chi connectivity index (χ1) is 11.7. The monoisotopic (exact) mass is 331 g/mol. The van der Waals surface area contributed by atoms with E-state index in [1.165, 1.54) is 0 Å². The highest BCUT2D eigenvalue weighted by Gasteiger charge is 2.36. The van der Waals surface area contributed by atoms with Crippen molar-refractivity contribution in [2.75, 3.05) is 32.8 Å². The van der Waals surface area contributed by atoms with E-state index in [4.69, 9.17) is 4.74 Å². The molecule has 0 radical (unpaired) electrons. The SMILES string of the molecule is CC(C(=O)N1CCCCC1C(=O)N1CCOCC1)c1cccnc1. The van der Waals surface area contributed by atoms with Crippen molar-refractivity contribution in [1.82, 2.24) is 14.8 Å². The van der Waals surface area contributed by atoms with Crippen molar-refractivity contribution in [2.45, 2.75) is 38.1 Å². The fourth-order valence-corrected chi connectivity index (χ4v) is 3.47. The highest BCUT2D eigenvalue weighted by Crippen LogP contribution is 2.25. The molecular formula is C18H25N3O3. The molecule has 2 amide bonds. The van der Waals surface area contributed by atoms with Crippen LogP contribution in [-0.4, -0.2) is 65.5 Å². The zero-order valence-electron chi connectivity index (χ0n) is 14.2. The smallest absolute Gasteiger partial charge is 0.245 e. The van der Waals surface area contributed by atoms with Crippen molar-refractivity contribution in [1.29, 1.82) is 0 Å². The molecule has 0 saturated carbocycles. The fourth-order valence-electron chi connectivity index (χ4n) is 3.47. The van der Waals surface area contributed by atoms with Gasteiger partial charge in [0.1, 0.15) is 6.04 Å². The maximum absolute atomic E-state index is 13.0. The molecule has 2 fully saturated rings. The molecular weight excluding hydrogens is 306 g/mol. The van der Waals surface area contributed by atoms with Crippen molar-refractivity contribution < 1.29 is 14.3 Å². The Bertz CT molecular complexity index is 572. The highest BCUT2D eigenvalue weighted by molar-refractivity contribution is 5.90. The Hall–Kier alpha value is -1.95. The Morgan fingerprint density at radius 3 is 2.75 bits per heavy atom. The van der Waals surface area contributed by atoms with E-state index in [-0.39, 0.29) is 23.8 Å². The second-order valence-electron chi connectivity index (χ2n) is 6.49. The second-order valence-corrected chi connectivity index (χ2v) is 6.49. The lowest BCUT2D eigenvalue weighted by atomic mass is 9.95. The van der Waals surface area contributed by atoms with Crippen LogP contribution in [0.3, 0.4) is 0 Å². The molecule has 24 heavy (non-hydrogen) atoms. The molecule has 6 nitrogen and oxygen atoms in total. The lowest BCUT2D eigenvalue weighted by Crippen LogP contribution is -2.55. The lowest BCUT2D eigenvalue weighted by molar-refractivity contribution is -0.150. The van der Waals surface area contributed by atoms with Crippen LogP contribution in [-0.2, 0) is 14.3 Å². The van der Waals surface area contributed by atoms with Crippen molar-refractivity contribution in [3.63, 3.8) is 0 Å². The summed E-state index contributed by atoms with van der Waals surface area (Å²) in [4.78, 5) is 33.6. The van der Waals surface area contributed by atoms with Crippen LogP contribution in [0.25, 0.3) is 0 Å². The number of ether oxygens (including phenoxy) is 1. The maximum atomic E-state index is 13.0. The van der Waals surface area contributed by atoms with Gasteiger partial charge in [-0.1, -0.05) is 6.07 Å². The highest BCUT2D eigenvalue weighted by atomic mass is 16.5. The molecule has 0 bridgehead atoms. The fraction of sp³-hybridized carbons (Fsp3) is 0.611. The Morgan fingerprint density at radius 1 is 1.25 bits per heavy atom. The predicted molar refractivity (Wildman–Crippen MR) is 89.4 cm³/mol. The van der Waals surface area contributed by atoms with Gasteiger partial charge >= 0.3 is 0 Å². The second kappa shape index (κ2) is 7.75. The van der Waals surface area contributed by atoms with Gasteiger partial charge in [-0.25, -0.2) is 0 Å². The Morgan fingerprint density at radius 2 is 2.04 bits per heavy atom. The van der Waals surface area contributed by atoms with Gasteiger partial charge in [0.2, 0.25) is 11.8 Å². The molecule has 0 N–H and O–H groups in total. The summed E-state index contributed by atoms with van der Waals surface area (Å²) < 4.78 is 5.33. The normalized spacial score (nSPS) is 23.0. The third-order valence-corrected chi connectivity index (χ3v) is 4.95. The number of aromatic nitrogens is 1. The molecule has 2 saturated heterocycles. The van der Waals surface area contributed by atoms with Crippen LogP contribution in [0.2, 0.25) is 0 Å². The lowest BCUT2D eigenvalue weighted by Gasteiger charge is -2.39. The number of nitrogens with zero attached hydrogens (tertiary/aromatic N) is 3. The van der Waals surface area contributed by atoms with Gasteiger partial charge in [-0.3, -0.25) is 14.6 Å². The van der Waals surface area contributed by atoms with Crippen LogP contribution >= 0.6 is 0 Å². The van der Waals surface area contributed by atoms with Crippen LogP contribution in [0.1, 0.15) is 37.7 Å². The summed E-state index contributed by atoms with van der Waals surface area (Å²) in [6.45, 7) is 4.95. The molecule has 3 heterocycles. The molecule has 1 aromatic rings. The predicted octanol–water partition coefficient (Wildman–Crippen LogP) is 1.42. The first-order valence-electron chi connectivity index (χ1n) is 8.75. The number of hydrogen-bond donors (Lipinski definition) is 0. The van der Waals surface area contributed by atoms with Gasteiger partial charge in [-0.2, -0.15) is 0 Å². The molecule has 0 aromatic carbocycles. The standard InChI is InChI=1S/C18H25N3O3/c1-14(15-5-4-7-19-13-15)17(22)21-8-3-2-6-16(21)18(23)20-9-11-24-12-10-20/h4-5,7,13-14,16H,2-3,6,8-12H2,1H3. The number of amides is 2. The van der Waals surface area contributed by atoms with Crippen LogP contribution < -0.4 is 0 Å². The van der Waals surface area contributed by atoms with E-state index >= 15 is 0 Å². The minimum atomic E-state index is -0.330.